The van der Waals surface area contributed by atoms with Crippen molar-refractivity contribution in [3.8, 4) is 0 Å². The molecular weight excluding hydrogens is 180 g/mol. The Labute approximate surface area is 85.7 Å². The van der Waals surface area contributed by atoms with E-state index in [0.717, 1.165) is 18.6 Å². The van der Waals surface area contributed by atoms with Crippen molar-refractivity contribution < 1.29 is 4.79 Å². The number of hydrogen-bond acceptors (Lipinski definition) is 2. The van der Waals surface area contributed by atoms with Gasteiger partial charge >= 0.3 is 0 Å². The summed E-state index contributed by atoms with van der Waals surface area (Å²) in [6, 6.07) is 0. The molecule has 0 N–H and O–H groups in total. The van der Waals surface area contributed by atoms with Crippen molar-refractivity contribution in [3.05, 3.63) is 0 Å². The highest BCUT2D eigenvalue weighted by Gasteiger charge is 2.43. The molecule has 0 spiro atoms. The average Bonchev–Trinajstić information content (AvgIpc) is 2.52. The summed E-state index contributed by atoms with van der Waals surface area (Å²) in [7, 11) is 0. The summed E-state index contributed by atoms with van der Waals surface area (Å²) < 4.78 is -0.0838. The second kappa shape index (κ2) is 3.64. The molecule has 1 aliphatic rings. The Morgan fingerprint density at radius 3 is 2.54 bits per heavy atom. The maximum atomic E-state index is 12.2. The Kier molecular flexibility index (Phi) is 3.11. The average molecular weight is 200 g/mol. The lowest BCUT2D eigenvalue weighted by molar-refractivity contribution is -0.129. The molecular formula is C11H20OS. The van der Waals surface area contributed by atoms with Gasteiger partial charge in [-0.15, -0.1) is 11.8 Å². The zero-order valence-corrected chi connectivity index (χ0v) is 9.96. The maximum Gasteiger partial charge on any atom is 0.154 e. The van der Waals surface area contributed by atoms with E-state index < -0.39 is 0 Å². The molecule has 0 saturated carbocycles. The van der Waals surface area contributed by atoms with Crippen LogP contribution in [0.25, 0.3) is 0 Å². The fraction of sp³-hybridized carbons (Fsp3) is 0.909. The van der Waals surface area contributed by atoms with Crippen LogP contribution in [-0.2, 0) is 4.79 Å². The van der Waals surface area contributed by atoms with Crippen molar-refractivity contribution in [1.82, 2.24) is 0 Å². The first-order chi connectivity index (χ1) is 5.92. The minimum Gasteiger partial charge on any atom is -0.298 e. The summed E-state index contributed by atoms with van der Waals surface area (Å²) in [5.41, 5.74) is -0.133. The van der Waals surface area contributed by atoms with E-state index in [9.17, 15) is 4.79 Å². The van der Waals surface area contributed by atoms with E-state index in [4.69, 9.17) is 0 Å². The van der Waals surface area contributed by atoms with Crippen molar-refractivity contribution in [2.75, 3.05) is 5.75 Å². The third kappa shape index (κ3) is 2.09. The summed E-state index contributed by atoms with van der Waals surface area (Å²) in [6.07, 6.45) is 3.22. The van der Waals surface area contributed by atoms with Crippen molar-refractivity contribution in [3.63, 3.8) is 0 Å². The fourth-order valence-electron chi connectivity index (χ4n) is 1.83. The first-order valence-electron chi connectivity index (χ1n) is 5.11. The zero-order valence-electron chi connectivity index (χ0n) is 9.14. The molecule has 1 rings (SSSR count). The van der Waals surface area contributed by atoms with Gasteiger partial charge < -0.3 is 0 Å². The van der Waals surface area contributed by atoms with Crippen LogP contribution in [0, 0.1) is 5.41 Å². The van der Waals surface area contributed by atoms with Gasteiger partial charge in [-0.05, 0) is 31.9 Å². The summed E-state index contributed by atoms with van der Waals surface area (Å²) >= 11 is 1.85. The second-order valence-electron chi connectivity index (χ2n) is 4.75. The van der Waals surface area contributed by atoms with Gasteiger partial charge in [-0.1, -0.05) is 20.8 Å². The van der Waals surface area contributed by atoms with Gasteiger partial charge in [0.2, 0.25) is 0 Å². The van der Waals surface area contributed by atoms with Gasteiger partial charge in [-0.2, -0.15) is 0 Å². The number of carbonyl (C=O) groups excluding carboxylic acids is 1. The molecule has 2 heteroatoms. The van der Waals surface area contributed by atoms with Crippen LogP contribution in [0.3, 0.4) is 0 Å². The molecule has 76 valence electrons. The number of rotatable bonds is 3. The molecule has 0 aromatic rings. The number of hydrogen-bond donors (Lipinski definition) is 0. The first kappa shape index (κ1) is 11.1. The highest BCUT2D eigenvalue weighted by atomic mass is 32.2. The second-order valence-corrected chi connectivity index (χ2v) is 6.35. The minimum absolute atomic E-state index is 0.0838. The van der Waals surface area contributed by atoms with Gasteiger partial charge in [0.05, 0.1) is 4.75 Å². The van der Waals surface area contributed by atoms with Crippen LogP contribution in [-0.4, -0.2) is 16.3 Å². The standard InChI is InChI=1S/C11H20OS/c1-5-10(2,3)9(12)11(4)7-6-8-13-11/h5-8H2,1-4H3. The molecule has 0 bridgehead atoms. The van der Waals surface area contributed by atoms with Crippen LogP contribution in [0.1, 0.15) is 47.0 Å². The molecule has 1 atom stereocenters. The van der Waals surface area contributed by atoms with Crippen molar-refractivity contribution >= 4 is 17.5 Å². The number of thioether (sulfide) groups is 1. The van der Waals surface area contributed by atoms with Gasteiger partial charge in [-0.25, -0.2) is 0 Å². The predicted molar refractivity (Wildman–Crippen MR) is 59.2 cm³/mol. The van der Waals surface area contributed by atoms with Crippen LogP contribution >= 0.6 is 11.8 Å². The van der Waals surface area contributed by atoms with E-state index in [0.29, 0.717) is 5.78 Å². The van der Waals surface area contributed by atoms with Gasteiger partial charge in [0.1, 0.15) is 0 Å². The molecule has 1 saturated heterocycles. The van der Waals surface area contributed by atoms with Gasteiger partial charge in [-0.3, -0.25) is 4.79 Å². The minimum atomic E-state index is -0.133. The smallest absolute Gasteiger partial charge is 0.154 e. The summed E-state index contributed by atoms with van der Waals surface area (Å²) in [5.74, 6) is 1.60. The van der Waals surface area contributed by atoms with E-state index in [1.54, 1.807) is 0 Å². The Hall–Kier alpha value is 0.0200. The van der Waals surface area contributed by atoms with Crippen molar-refractivity contribution in [2.45, 2.75) is 51.7 Å². The van der Waals surface area contributed by atoms with E-state index in [-0.39, 0.29) is 10.2 Å². The SMILES string of the molecule is CCC(C)(C)C(=O)C1(C)CCCS1. The van der Waals surface area contributed by atoms with Crippen molar-refractivity contribution in [2.24, 2.45) is 5.41 Å². The Bertz CT molecular complexity index is 202. The monoisotopic (exact) mass is 200 g/mol. The van der Waals surface area contributed by atoms with Crippen molar-refractivity contribution in [1.29, 1.82) is 0 Å². The zero-order chi connectivity index (χ0) is 10.1. The van der Waals surface area contributed by atoms with Crippen LogP contribution in [0.2, 0.25) is 0 Å². The van der Waals surface area contributed by atoms with Gasteiger partial charge in [0.25, 0.3) is 0 Å². The van der Waals surface area contributed by atoms with Gasteiger partial charge in [0.15, 0.2) is 5.78 Å². The molecule has 0 amide bonds. The van der Waals surface area contributed by atoms with E-state index in [1.165, 1.54) is 6.42 Å². The molecule has 0 aromatic heterocycles. The fourth-order valence-corrected chi connectivity index (χ4v) is 3.27. The van der Waals surface area contributed by atoms with Crippen LogP contribution in [0.4, 0.5) is 0 Å². The number of ketones is 1. The molecule has 1 heterocycles. The van der Waals surface area contributed by atoms with Crippen LogP contribution < -0.4 is 0 Å². The third-order valence-electron chi connectivity index (χ3n) is 3.20. The highest BCUT2D eigenvalue weighted by molar-refractivity contribution is 8.01. The highest BCUT2D eigenvalue weighted by Crippen LogP contribution is 2.43. The predicted octanol–water partition coefficient (Wildman–Crippen LogP) is 3.28. The van der Waals surface area contributed by atoms with Crippen LogP contribution in [0.15, 0.2) is 0 Å². The Morgan fingerprint density at radius 2 is 2.15 bits per heavy atom. The Balaban J connectivity index is 2.76. The van der Waals surface area contributed by atoms with E-state index in [1.807, 2.05) is 11.8 Å². The van der Waals surface area contributed by atoms with Crippen LogP contribution in [0.5, 0.6) is 0 Å². The topological polar surface area (TPSA) is 17.1 Å². The summed E-state index contributed by atoms with van der Waals surface area (Å²) in [5, 5.41) is 0. The number of carbonyl (C=O) groups is 1. The molecule has 0 aliphatic carbocycles. The lowest BCUT2D eigenvalue weighted by Gasteiger charge is -2.31. The molecule has 1 aliphatic heterocycles. The molecule has 1 nitrogen and oxygen atoms in total. The summed E-state index contributed by atoms with van der Waals surface area (Å²) in [4.78, 5) is 12.2. The molecule has 1 fully saturated rings. The maximum absolute atomic E-state index is 12.2. The molecule has 0 aromatic carbocycles. The lowest BCUT2D eigenvalue weighted by Crippen LogP contribution is -2.39. The third-order valence-corrected chi connectivity index (χ3v) is 4.72. The van der Waals surface area contributed by atoms with E-state index in [2.05, 4.69) is 27.7 Å². The largest absolute Gasteiger partial charge is 0.298 e. The quantitative estimate of drug-likeness (QED) is 0.695. The molecule has 1 unspecified atom stereocenters. The number of Topliss-reactive ketones (excluding diaryl/α,β-unsaturated/α-hetero) is 1. The van der Waals surface area contributed by atoms with Gasteiger partial charge in [0, 0.05) is 5.41 Å². The first-order valence-corrected chi connectivity index (χ1v) is 6.10. The molecule has 0 radical (unpaired) electrons. The normalized spacial score (nSPS) is 29.2. The Morgan fingerprint density at radius 1 is 1.54 bits per heavy atom. The molecule has 13 heavy (non-hydrogen) atoms. The van der Waals surface area contributed by atoms with E-state index >= 15 is 0 Å². The summed E-state index contributed by atoms with van der Waals surface area (Å²) in [6.45, 7) is 8.35. The lowest BCUT2D eigenvalue weighted by atomic mass is 9.78.